The minimum absolute atomic E-state index is 0.216. The number of nitrogens with one attached hydrogen (secondary N) is 1. The van der Waals surface area contributed by atoms with E-state index in [9.17, 15) is 16.8 Å². The van der Waals surface area contributed by atoms with E-state index in [4.69, 9.17) is 0 Å². The van der Waals surface area contributed by atoms with Crippen LogP contribution in [0.4, 0.5) is 5.69 Å². The highest BCUT2D eigenvalue weighted by atomic mass is 32.2. The molecule has 0 aliphatic carbocycles. The molecule has 2 aromatic carbocycles. The maximum Gasteiger partial charge on any atom is 0.262 e. The van der Waals surface area contributed by atoms with Crippen molar-refractivity contribution < 1.29 is 16.8 Å². The van der Waals surface area contributed by atoms with Gasteiger partial charge in [-0.1, -0.05) is 29.8 Å². The zero-order chi connectivity index (χ0) is 22.4. The molecule has 4 rings (SSSR count). The first kappa shape index (κ1) is 22.0. The van der Waals surface area contributed by atoms with E-state index in [1.807, 2.05) is 25.1 Å². The Balaban J connectivity index is 1.62. The van der Waals surface area contributed by atoms with Crippen LogP contribution in [0.1, 0.15) is 27.8 Å². The first-order valence-corrected chi connectivity index (χ1v) is 13.6. The van der Waals surface area contributed by atoms with Gasteiger partial charge in [0.25, 0.3) is 20.0 Å². The Hall–Kier alpha value is -2.20. The smallest absolute Gasteiger partial charge is 0.262 e. The van der Waals surface area contributed by atoms with Gasteiger partial charge in [0.2, 0.25) is 0 Å². The molecule has 0 atom stereocenters. The SMILES string of the molecule is Cc1cc(C)c(S(=O)(=O)Nc2ccc3c(c2)CN(S(=O)(=O)c2cccs2)CC3)c(C)c1. The van der Waals surface area contributed by atoms with Crippen LogP contribution in [-0.2, 0) is 33.0 Å². The third-order valence-corrected chi connectivity index (χ3v) is 10.3. The van der Waals surface area contributed by atoms with Gasteiger partial charge < -0.3 is 0 Å². The Morgan fingerprint density at radius 1 is 0.935 bits per heavy atom. The monoisotopic (exact) mass is 476 g/mol. The summed E-state index contributed by atoms with van der Waals surface area (Å²) in [7, 11) is -7.33. The van der Waals surface area contributed by atoms with Crippen molar-refractivity contribution >= 4 is 37.1 Å². The quantitative estimate of drug-likeness (QED) is 0.598. The molecule has 9 heteroatoms. The van der Waals surface area contributed by atoms with Crippen LogP contribution in [0.2, 0.25) is 0 Å². The molecule has 3 aromatic rings. The number of thiophene rings is 1. The number of hydrogen-bond donors (Lipinski definition) is 1. The van der Waals surface area contributed by atoms with E-state index in [1.165, 1.54) is 15.6 Å². The summed E-state index contributed by atoms with van der Waals surface area (Å²) in [6.45, 7) is 6.13. The lowest BCUT2D eigenvalue weighted by atomic mass is 10.0. The van der Waals surface area contributed by atoms with Crippen molar-refractivity contribution in [2.45, 2.75) is 42.8 Å². The fraction of sp³-hybridized carbons (Fsp3) is 0.273. The number of rotatable bonds is 5. The second-order valence-electron chi connectivity index (χ2n) is 7.84. The van der Waals surface area contributed by atoms with Crippen molar-refractivity contribution in [1.29, 1.82) is 0 Å². The summed E-state index contributed by atoms with van der Waals surface area (Å²) in [5.74, 6) is 0. The van der Waals surface area contributed by atoms with Crippen LogP contribution in [0.15, 0.2) is 56.9 Å². The van der Waals surface area contributed by atoms with Gasteiger partial charge in [-0.2, -0.15) is 4.31 Å². The molecule has 2 heterocycles. The summed E-state index contributed by atoms with van der Waals surface area (Å²) in [5.41, 5.74) is 4.66. The number of benzene rings is 2. The topological polar surface area (TPSA) is 83.6 Å². The second-order valence-corrected chi connectivity index (χ2v) is 12.6. The summed E-state index contributed by atoms with van der Waals surface area (Å²) in [6.07, 6.45) is 0.586. The molecule has 0 bridgehead atoms. The minimum Gasteiger partial charge on any atom is -0.280 e. The number of sulfonamides is 2. The zero-order valence-electron chi connectivity index (χ0n) is 17.5. The van der Waals surface area contributed by atoms with Crippen LogP contribution >= 0.6 is 11.3 Å². The summed E-state index contributed by atoms with van der Waals surface area (Å²) in [6, 6.07) is 12.4. The lowest BCUT2D eigenvalue weighted by molar-refractivity contribution is 0.392. The molecule has 6 nitrogen and oxygen atoms in total. The zero-order valence-corrected chi connectivity index (χ0v) is 20.0. The molecule has 164 valence electrons. The Bertz CT molecular complexity index is 1320. The highest BCUT2D eigenvalue weighted by molar-refractivity contribution is 7.92. The summed E-state index contributed by atoms with van der Waals surface area (Å²) < 4.78 is 56.4. The van der Waals surface area contributed by atoms with Crippen molar-refractivity contribution in [2.24, 2.45) is 0 Å². The van der Waals surface area contributed by atoms with Gasteiger partial charge in [0.05, 0.1) is 4.90 Å². The summed E-state index contributed by atoms with van der Waals surface area (Å²) in [5, 5.41) is 1.74. The van der Waals surface area contributed by atoms with Gasteiger partial charge in [-0.15, -0.1) is 11.3 Å². The fourth-order valence-electron chi connectivity index (χ4n) is 4.13. The van der Waals surface area contributed by atoms with E-state index >= 15 is 0 Å². The molecule has 0 spiro atoms. The highest BCUT2D eigenvalue weighted by Crippen LogP contribution is 2.30. The highest BCUT2D eigenvalue weighted by Gasteiger charge is 2.29. The van der Waals surface area contributed by atoms with E-state index < -0.39 is 20.0 Å². The third-order valence-electron chi connectivity index (χ3n) is 5.40. The largest absolute Gasteiger partial charge is 0.280 e. The molecule has 0 amide bonds. The third kappa shape index (κ3) is 4.27. The van der Waals surface area contributed by atoms with Crippen LogP contribution in [0, 0.1) is 20.8 Å². The Kier molecular flexibility index (Phi) is 5.72. The van der Waals surface area contributed by atoms with Crippen LogP contribution in [0.5, 0.6) is 0 Å². The summed E-state index contributed by atoms with van der Waals surface area (Å²) in [4.78, 5) is 0.276. The molecular weight excluding hydrogens is 452 g/mol. The normalized spacial score (nSPS) is 14.9. The standard InChI is InChI=1S/C22H24N2O4S3/c1-15-11-16(2)22(17(3)12-15)30(25,26)23-20-7-6-18-8-9-24(14-19(18)13-20)31(27,28)21-5-4-10-29-21/h4-7,10-13,23H,8-9,14H2,1-3H3. The average molecular weight is 477 g/mol. The van der Waals surface area contributed by atoms with Gasteiger partial charge in [-0.3, -0.25) is 4.72 Å². The average Bonchev–Trinajstić information content (AvgIpc) is 3.21. The molecular formula is C22H24N2O4S3. The Labute approximate surface area is 187 Å². The van der Waals surface area contributed by atoms with Crippen molar-refractivity contribution in [3.05, 3.63) is 75.7 Å². The molecule has 0 saturated carbocycles. The van der Waals surface area contributed by atoms with E-state index in [2.05, 4.69) is 4.72 Å². The van der Waals surface area contributed by atoms with Gasteiger partial charge in [0, 0.05) is 18.8 Å². The van der Waals surface area contributed by atoms with Gasteiger partial charge in [0.1, 0.15) is 4.21 Å². The molecule has 1 aliphatic rings. The van der Waals surface area contributed by atoms with E-state index in [0.717, 1.165) is 16.7 Å². The van der Waals surface area contributed by atoms with Gasteiger partial charge in [-0.25, -0.2) is 16.8 Å². The molecule has 1 N–H and O–H groups in total. The van der Waals surface area contributed by atoms with Crippen LogP contribution < -0.4 is 4.72 Å². The molecule has 0 fully saturated rings. The van der Waals surface area contributed by atoms with Crippen molar-refractivity contribution in [3.63, 3.8) is 0 Å². The van der Waals surface area contributed by atoms with E-state index in [1.54, 1.807) is 43.5 Å². The predicted molar refractivity (Wildman–Crippen MR) is 124 cm³/mol. The van der Waals surface area contributed by atoms with Crippen LogP contribution in [-0.4, -0.2) is 27.7 Å². The van der Waals surface area contributed by atoms with Gasteiger partial charge in [-0.05, 0) is 73.0 Å². The Morgan fingerprint density at radius 3 is 2.29 bits per heavy atom. The van der Waals surface area contributed by atoms with E-state index in [-0.39, 0.29) is 11.4 Å². The van der Waals surface area contributed by atoms with Crippen molar-refractivity contribution in [3.8, 4) is 0 Å². The van der Waals surface area contributed by atoms with Gasteiger partial charge in [0.15, 0.2) is 0 Å². The van der Waals surface area contributed by atoms with Gasteiger partial charge >= 0.3 is 0 Å². The Morgan fingerprint density at radius 2 is 1.65 bits per heavy atom. The molecule has 0 unspecified atom stereocenters. The van der Waals surface area contributed by atoms with E-state index in [0.29, 0.717) is 34.0 Å². The van der Waals surface area contributed by atoms with Crippen LogP contribution in [0.3, 0.4) is 0 Å². The summed E-state index contributed by atoms with van der Waals surface area (Å²) >= 11 is 1.20. The fourth-order valence-corrected chi connectivity index (χ4v) is 8.20. The molecule has 1 aromatic heterocycles. The lowest BCUT2D eigenvalue weighted by Crippen LogP contribution is -2.35. The lowest BCUT2D eigenvalue weighted by Gasteiger charge is -2.28. The van der Waals surface area contributed by atoms with Crippen LogP contribution in [0.25, 0.3) is 0 Å². The first-order valence-electron chi connectivity index (χ1n) is 9.84. The van der Waals surface area contributed by atoms with Crippen molar-refractivity contribution in [2.75, 3.05) is 11.3 Å². The van der Waals surface area contributed by atoms with Crippen molar-refractivity contribution in [1.82, 2.24) is 4.31 Å². The number of fused-ring (bicyclic) bond motifs is 1. The maximum absolute atomic E-state index is 13.1. The minimum atomic E-state index is -3.78. The number of aryl methyl sites for hydroxylation is 3. The maximum atomic E-state index is 13.1. The molecule has 0 radical (unpaired) electrons. The predicted octanol–water partition coefficient (Wildman–Crippen LogP) is 4.22. The second kappa shape index (κ2) is 8.05. The first-order chi connectivity index (χ1) is 14.6. The molecule has 1 aliphatic heterocycles. The molecule has 0 saturated heterocycles. The number of hydrogen-bond acceptors (Lipinski definition) is 5. The number of anilines is 1. The molecule has 31 heavy (non-hydrogen) atoms. The number of nitrogens with zero attached hydrogens (tertiary/aromatic N) is 1.